The third-order valence-corrected chi connectivity index (χ3v) is 4.01. The maximum Gasteiger partial charge on any atom is 0.360 e. The van der Waals surface area contributed by atoms with Crippen LogP contribution in [-0.2, 0) is 4.74 Å². The Morgan fingerprint density at radius 2 is 1.87 bits per heavy atom. The van der Waals surface area contributed by atoms with E-state index in [1.807, 2.05) is 37.3 Å². The van der Waals surface area contributed by atoms with Gasteiger partial charge in [0.2, 0.25) is 0 Å². The van der Waals surface area contributed by atoms with Crippen LogP contribution in [0, 0.1) is 0 Å². The molecular formula is C18H16ClNO3. The van der Waals surface area contributed by atoms with Crippen molar-refractivity contribution in [3.05, 3.63) is 47.2 Å². The van der Waals surface area contributed by atoms with E-state index < -0.39 is 5.97 Å². The molecule has 2 aromatic carbocycles. The lowest BCUT2D eigenvalue weighted by atomic mass is 10.0. The molecule has 3 aromatic rings. The number of hydrogen-bond acceptors (Lipinski definition) is 4. The average Bonchev–Trinajstić information content (AvgIpc) is 2.57. The summed E-state index contributed by atoms with van der Waals surface area (Å²) in [5.74, 6) is -0.857. The fourth-order valence-electron chi connectivity index (χ4n) is 2.47. The zero-order chi connectivity index (χ0) is 16.4. The Bertz CT molecular complexity index is 892. The summed E-state index contributed by atoms with van der Waals surface area (Å²) in [6.45, 7) is 2.30. The maximum atomic E-state index is 12.1. The van der Waals surface area contributed by atoms with Crippen LogP contribution >= 0.6 is 11.6 Å². The van der Waals surface area contributed by atoms with Gasteiger partial charge in [-0.3, -0.25) is 0 Å². The molecule has 0 aliphatic carbocycles. The van der Waals surface area contributed by atoms with E-state index in [2.05, 4.69) is 4.98 Å². The van der Waals surface area contributed by atoms with Crippen molar-refractivity contribution in [2.75, 3.05) is 6.61 Å². The van der Waals surface area contributed by atoms with Gasteiger partial charge in [0.25, 0.3) is 0 Å². The molecule has 0 saturated heterocycles. The van der Waals surface area contributed by atoms with Crippen LogP contribution in [0.2, 0.25) is 5.15 Å². The standard InChI is InChI=1S/C18H16ClNO3/c1-2-3-8-23-18(22)15-16(21)13-9-11-6-4-5-7-12(11)10-14(13)17(19)20-15/h4-7,9-10,21H,2-3,8H2,1H3. The molecule has 0 atom stereocenters. The van der Waals surface area contributed by atoms with Gasteiger partial charge in [0.15, 0.2) is 11.4 Å². The number of carbonyl (C=O) groups excluding carboxylic acids is 1. The number of aromatic nitrogens is 1. The fourth-order valence-corrected chi connectivity index (χ4v) is 2.71. The number of ether oxygens (including phenoxy) is 1. The third kappa shape index (κ3) is 2.94. The Morgan fingerprint density at radius 1 is 1.22 bits per heavy atom. The van der Waals surface area contributed by atoms with Gasteiger partial charge in [0, 0.05) is 10.8 Å². The van der Waals surface area contributed by atoms with Crippen molar-refractivity contribution in [3.8, 4) is 5.75 Å². The maximum absolute atomic E-state index is 12.1. The summed E-state index contributed by atoms with van der Waals surface area (Å²) in [7, 11) is 0. The third-order valence-electron chi connectivity index (χ3n) is 3.72. The number of halogens is 1. The van der Waals surface area contributed by atoms with Crippen molar-refractivity contribution in [1.29, 1.82) is 0 Å². The second kappa shape index (κ2) is 6.42. The largest absolute Gasteiger partial charge is 0.505 e. The number of fused-ring (bicyclic) bond motifs is 2. The fraction of sp³-hybridized carbons (Fsp3) is 0.222. The normalized spacial score (nSPS) is 11.0. The Labute approximate surface area is 138 Å². The van der Waals surface area contributed by atoms with Gasteiger partial charge in [-0.05, 0) is 29.3 Å². The minimum atomic E-state index is -0.659. The van der Waals surface area contributed by atoms with Gasteiger partial charge >= 0.3 is 5.97 Å². The van der Waals surface area contributed by atoms with Crippen LogP contribution in [0.4, 0.5) is 0 Å². The van der Waals surface area contributed by atoms with Crippen LogP contribution in [0.25, 0.3) is 21.5 Å². The lowest BCUT2D eigenvalue weighted by Gasteiger charge is -2.10. The van der Waals surface area contributed by atoms with Crippen LogP contribution in [0.5, 0.6) is 5.75 Å². The molecule has 3 rings (SSSR count). The Balaban J connectivity index is 2.12. The van der Waals surface area contributed by atoms with Crippen molar-refractivity contribution in [2.24, 2.45) is 0 Å². The highest BCUT2D eigenvalue weighted by Crippen LogP contribution is 2.35. The first-order valence-electron chi connectivity index (χ1n) is 7.50. The molecular weight excluding hydrogens is 314 g/mol. The number of rotatable bonds is 4. The van der Waals surface area contributed by atoms with Crippen LogP contribution < -0.4 is 0 Å². The number of unbranched alkanes of at least 4 members (excludes halogenated alkanes) is 1. The molecule has 118 valence electrons. The molecule has 1 aromatic heterocycles. The van der Waals surface area contributed by atoms with Crippen LogP contribution in [-0.4, -0.2) is 22.7 Å². The number of aromatic hydroxyl groups is 1. The summed E-state index contributed by atoms with van der Waals surface area (Å²) in [4.78, 5) is 16.1. The summed E-state index contributed by atoms with van der Waals surface area (Å²) in [5, 5.41) is 13.6. The Kier molecular flexibility index (Phi) is 4.35. The Morgan fingerprint density at radius 3 is 2.52 bits per heavy atom. The molecule has 1 N–H and O–H groups in total. The molecule has 1 heterocycles. The number of nitrogens with zero attached hydrogens (tertiary/aromatic N) is 1. The van der Waals surface area contributed by atoms with E-state index in [9.17, 15) is 9.90 Å². The molecule has 0 unspecified atom stereocenters. The van der Waals surface area contributed by atoms with E-state index >= 15 is 0 Å². The van der Waals surface area contributed by atoms with E-state index in [0.717, 1.165) is 23.6 Å². The highest BCUT2D eigenvalue weighted by Gasteiger charge is 2.20. The zero-order valence-electron chi connectivity index (χ0n) is 12.7. The van der Waals surface area contributed by atoms with Gasteiger partial charge in [-0.25, -0.2) is 9.78 Å². The first-order chi connectivity index (χ1) is 11.1. The highest BCUT2D eigenvalue weighted by atomic mass is 35.5. The van der Waals surface area contributed by atoms with Gasteiger partial charge in [0.05, 0.1) is 6.61 Å². The second-order valence-corrected chi connectivity index (χ2v) is 5.69. The van der Waals surface area contributed by atoms with Crippen molar-refractivity contribution >= 4 is 39.1 Å². The summed E-state index contributed by atoms with van der Waals surface area (Å²) in [6.07, 6.45) is 1.68. The molecule has 0 aliphatic rings. The number of carbonyl (C=O) groups is 1. The molecule has 0 aliphatic heterocycles. The average molecular weight is 330 g/mol. The van der Waals surface area contributed by atoms with Crippen molar-refractivity contribution < 1.29 is 14.6 Å². The molecule has 0 radical (unpaired) electrons. The minimum Gasteiger partial charge on any atom is -0.505 e. The summed E-state index contributed by atoms with van der Waals surface area (Å²) >= 11 is 6.21. The molecule has 0 amide bonds. The smallest absolute Gasteiger partial charge is 0.360 e. The molecule has 0 spiro atoms. The number of benzene rings is 2. The summed E-state index contributed by atoms with van der Waals surface area (Å²) < 4.78 is 5.12. The monoisotopic (exact) mass is 329 g/mol. The van der Waals surface area contributed by atoms with Gasteiger partial charge in [-0.1, -0.05) is 49.2 Å². The lowest BCUT2D eigenvalue weighted by Crippen LogP contribution is -2.09. The Hall–Kier alpha value is -2.33. The topological polar surface area (TPSA) is 59.4 Å². The van der Waals surface area contributed by atoms with Gasteiger partial charge in [-0.15, -0.1) is 0 Å². The van der Waals surface area contributed by atoms with Crippen LogP contribution in [0.1, 0.15) is 30.3 Å². The first-order valence-corrected chi connectivity index (χ1v) is 7.87. The molecule has 0 fully saturated rings. The molecule has 4 nitrogen and oxygen atoms in total. The zero-order valence-corrected chi connectivity index (χ0v) is 13.4. The van der Waals surface area contributed by atoms with Gasteiger partial charge < -0.3 is 9.84 Å². The molecule has 23 heavy (non-hydrogen) atoms. The molecule has 5 heteroatoms. The van der Waals surface area contributed by atoms with E-state index in [1.165, 1.54) is 0 Å². The predicted octanol–water partition coefficient (Wildman–Crippen LogP) is 4.70. The van der Waals surface area contributed by atoms with Crippen molar-refractivity contribution in [1.82, 2.24) is 4.98 Å². The number of hydrogen-bond donors (Lipinski definition) is 1. The van der Waals surface area contributed by atoms with E-state index in [-0.39, 0.29) is 16.6 Å². The van der Waals surface area contributed by atoms with Gasteiger partial charge in [0.1, 0.15) is 5.15 Å². The number of pyridine rings is 1. The van der Waals surface area contributed by atoms with Crippen molar-refractivity contribution in [3.63, 3.8) is 0 Å². The number of esters is 1. The highest BCUT2D eigenvalue weighted by molar-refractivity contribution is 6.35. The second-order valence-electron chi connectivity index (χ2n) is 5.33. The van der Waals surface area contributed by atoms with E-state index in [1.54, 1.807) is 6.07 Å². The lowest BCUT2D eigenvalue weighted by molar-refractivity contribution is 0.0489. The SMILES string of the molecule is CCCCOC(=O)c1nc(Cl)c2cc3ccccc3cc2c1O. The first kappa shape index (κ1) is 15.6. The van der Waals surface area contributed by atoms with Crippen LogP contribution in [0.3, 0.4) is 0 Å². The summed E-state index contributed by atoms with van der Waals surface area (Å²) in [6, 6.07) is 11.4. The van der Waals surface area contributed by atoms with Crippen LogP contribution in [0.15, 0.2) is 36.4 Å². The van der Waals surface area contributed by atoms with E-state index in [4.69, 9.17) is 16.3 Å². The summed E-state index contributed by atoms with van der Waals surface area (Å²) in [5.41, 5.74) is -0.145. The van der Waals surface area contributed by atoms with E-state index in [0.29, 0.717) is 17.4 Å². The van der Waals surface area contributed by atoms with Gasteiger partial charge in [-0.2, -0.15) is 0 Å². The predicted molar refractivity (Wildman–Crippen MR) is 91.1 cm³/mol. The minimum absolute atomic E-state index is 0.145. The molecule has 0 saturated carbocycles. The molecule has 0 bridgehead atoms. The van der Waals surface area contributed by atoms with Crippen molar-refractivity contribution in [2.45, 2.75) is 19.8 Å². The quantitative estimate of drug-likeness (QED) is 0.326.